The first kappa shape index (κ1) is 15.8. The van der Waals surface area contributed by atoms with Crippen LogP contribution < -0.4 is 5.32 Å². The molecule has 0 saturated carbocycles. The van der Waals surface area contributed by atoms with Crippen molar-refractivity contribution in [2.24, 2.45) is 0 Å². The van der Waals surface area contributed by atoms with E-state index in [1.807, 2.05) is 26.0 Å². The third-order valence-corrected chi connectivity index (χ3v) is 3.89. The maximum Gasteiger partial charge on any atom is 0.275 e. The number of anilines is 1. The summed E-state index contributed by atoms with van der Waals surface area (Å²) < 4.78 is 1.01. The van der Waals surface area contributed by atoms with Gasteiger partial charge in [-0.25, -0.2) is 0 Å². The topological polar surface area (TPSA) is 55.2 Å². The highest BCUT2D eigenvalue weighted by molar-refractivity contribution is 9.10. The summed E-state index contributed by atoms with van der Waals surface area (Å²) in [5.41, 5.74) is 3.79. The summed E-state index contributed by atoms with van der Waals surface area (Å²) in [7, 11) is 0. The summed E-state index contributed by atoms with van der Waals surface area (Å²) in [6.07, 6.45) is 0. The monoisotopic (exact) mass is 368 g/mol. The maximum atomic E-state index is 11.1. The number of hydrogen-bond donors (Lipinski definition) is 1. The van der Waals surface area contributed by atoms with Gasteiger partial charge in [0.2, 0.25) is 0 Å². The number of nitrogens with zero attached hydrogens (tertiary/aromatic N) is 1. The minimum absolute atomic E-state index is 0.0300. The highest BCUT2D eigenvalue weighted by atomic mass is 79.9. The normalized spacial score (nSPS) is 10.5. The van der Waals surface area contributed by atoms with E-state index in [-0.39, 0.29) is 5.69 Å². The molecule has 2 rings (SSSR count). The van der Waals surface area contributed by atoms with Crippen molar-refractivity contribution in [2.75, 3.05) is 5.32 Å². The van der Waals surface area contributed by atoms with Gasteiger partial charge in [0.05, 0.1) is 4.92 Å². The van der Waals surface area contributed by atoms with Crippen LogP contribution in [0.4, 0.5) is 11.4 Å². The standard InChI is InChI=1S/C15H14BrClN2O2/c1-9-5-12(16)6-10(2)15(9)18-8-11-3-4-13(17)7-14(11)19(20)21/h3-7,18H,8H2,1-2H3. The SMILES string of the molecule is Cc1cc(Br)cc(C)c1NCc1ccc(Cl)cc1[N+](=O)[O-]. The number of benzene rings is 2. The van der Waals surface area contributed by atoms with Crippen LogP contribution >= 0.6 is 27.5 Å². The Hall–Kier alpha value is -1.59. The molecule has 110 valence electrons. The van der Waals surface area contributed by atoms with E-state index in [1.54, 1.807) is 12.1 Å². The quantitative estimate of drug-likeness (QED) is 0.592. The lowest BCUT2D eigenvalue weighted by Gasteiger charge is -2.13. The van der Waals surface area contributed by atoms with Gasteiger partial charge in [-0.05, 0) is 49.2 Å². The van der Waals surface area contributed by atoms with Crippen LogP contribution in [-0.2, 0) is 6.54 Å². The van der Waals surface area contributed by atoms with Crippen molar-refractivity contribution in [1.29, 1.82) is 0 Å². The van der Waals surface area contributed by atoms with Crippen molar-refractivity contribution >= 4 is 38.9 Å². The zero-order valence-corrected chi connectivity index (χ0v) is 14.0. The largest absolute Gasteiger partial charge is 0.380 e. The van der Waals surface area contributed by atoms with Crippen LogP contribution in [0.5, 0.6) is 0 Å². The number of hydrogen-bond acceptors (Lipinski definition) is 3. The van der Waals surface area contributed by atoms with Crippen LogP contribution in [0.25, 0.3) is 0 Å². The fraction of sp³-hybridized carbons (Fsp3) is 0.200. The van der Waals surface area contributed by atoms with Crippen LogP contribution in [0.2, 0.25) is 5.02 Å². The van der Waals surface area contributed by atoms with Gasteiger partial charge in [0, 0.05) is 33.4 Å². The molecule has 0 saturated heterocycles. The molecule has 0 spiro atoms. The summed E-state index contributed by atoms with van der Waals surface area (Å²) in [5.74, 6) is 0. The third kappa shape index (κ3) is 3.74. The van der Waals surface area contributed by atoms with Gasteiger partial charge in [-0.1, -0.05) is 27.5 Å². The summed E-state index contributed by atoms with van der Waals surface area (Å²) in [4.78, 5) is 10.7. The molecule has 4 nitrogen and oxygen atoms in total. The molecule has 0 heterocycles. The van der Waals surface area contributed by atoms with Gasteiger partial charge in [0.1, 0.15) is 0 Å². The fourth-order valence-electron chi connectivity index (χ4n) is 2.23. The van der Waals surface area contributed by atoms with Gasteiger partial charge >= 0.3 is 0 Å². The van der Waals surface area contributed by atoms with E-state index in [1.165, 1.54) is 6.07 Å². The van der Waals surface area contributed by atoms with E-state index < -0.39 is 4.92 Å². The Morgan fingerprint density at radius 3 is 2.43 bits per heavy atom. The second-order valence-electron chi connectivity index (χ2n) is 4.80. The van der Waals surface area contributed by atoms with E-state index in [0.717, 1.165) is 21.3 Å². The Morgan fingerprint density at radius 1 is 1.24 bits per heavy atom. The maximum absolute atomic E-state index is 11.1. The molecule has 0 radical (unpaired) electrons. The van der Waals surface area contributed by atoms with E-state index in [9.17, 15) is 10.1 Å². The van der Waals surface area contributed by atoms with Crippen molar-refractivity contribution in [3.05, 3.63) is 66.6 Å². The Kier molecular flexibility index (Phi) is 4.85. The predicted molar refractivity (Wildman–Crippen MR) is 89.0 cm³/mol. The molecule has 0 atom stereocenters. The van der Waals surface area contributed by atoms with Crippen molar-refractivity contribution in [1.82, 2.24) is 0 Å². The number of aryl methyl sites for hydroxylation is 2. The van der Waals surface area contributed by atoms with Crippen LogP contribution in [0.1, 0.15) is 16.7 Å². The molecule has 21 heavy (non-hydrogen) atoms. The Labute approximate surface area is 136 Å². The summed E-state index contributed by atoms with van der Waals surface area (Å²) in [6, 6.07) is 8.72. The average molecular weight is 370 g/mol. The Bertz CT molecular complexity index is 681. The molecule has 2 aromatic carbocycles. The molecular weight excluding hydrogens is 356 g/mol. The van der Waals surface area contributed by atoms with Gasteiger partial charge in [-0.3, -0.25) is 10.1 Å². The van der Waals surface area contributed by atoms with E-state index in [0.29, 0.717) is 17.1 Å². The third-order valence-electron chi connectivity index (χ3n) is 3.20. The summed E-state index contributed by atoms with van der Waals surface area (Å²) in [5, 5.41) is 14.7. The molecule has 0 aliphatic rings. The Morgan fingerprint density at radius 2 is 1.86 bits per heavy atom. The predicted octanol–water partition coefficient (Wildman–Crippen LogP) is 5.24. The van der Waals surface area contributed by atoms with Crippen molar-refractivity contribution in [3.63, 3.8) is 0 Å². The van der Waals surface area contributed by atoms with Crippen LogP contribution in [-0.4, -0.2) is 4.92 Å². The average Bonchev–Trinajstić information content (AvgIpc) is 2.38. The first-order valence-electron chi connectivity index (χ1n) is 6.32. The molecule has 0 unspecified atom stereocenters. The molecule has 0 amide bonds. The van der Waals surface area contributed by atoms with E-state index in [2.05, 4.69) is 21.2 Å². The lowest BCUT2D eigenvalue weighted by Crippen LogP contribution is -2.05. The minimum Gasteiger partial charge on any atom is -0.380 e. The molecular formula is C15H14BrClN2O2. The zero-order valence-electron chi connectivity index (χ0n) is 11.6. The van der Waals surface area contributed by atoms with Gasteiger partial charge in [0.25, 0.3) is 5.69 Å². The molecule has 6 heteroatoms. The molecule has 0 aliphatic heterocycles. The molecule has 0 aliphatic carbocycles. The molecule has 0 fully saturated rings. The van der Waals surface area contributed by atoms with Crippen LogP contribution in [0.15, 0.2) is 34.8 Å². The number of rotatable bonds is 4. The fourth-order valence-corrected chi connectivity index (χ4v) is 3.08. The second-order valence-corrected chi connectivity index (χ2v) is 6.15. The first-order valence-corrected chi connectivity index (χ1v) is 7.49. The molecule has 1 N–H and O–H groups in total. The number of nitro benzene ring substituents is 1. The summed E-state index contributed by atoms with van der Waals surface area (Å²) in [6.45, 7) is 4.36. The lowest BCUT2D eigenvalue weighted by molar-refractivity contribution is -0.385. The van der Waals surface area contributed by atoms with E-state index in [4.69, 9.17) is 11.6 Å². The lowest BCUT2D eigenvalue weighted by atomic mass is 10.1. The smallest absolute Gasteiger partial charge is 0.275 e. The van der Waals surface area contributed by atoms with Gasteiger partial charge in [0.15, 0.2) is 0 Å². The van der Waals surface area contributed by atoms with E-state index >= 15 is 0 Å². The van der Waals surface area contributed by atoms with Crippen LogP contribution in [0.3, 0.4) is 0 Å². The first-order chi connectivity index (χ1) is 9.88. The number of nitrogens with one attached hydrogen (secondary N) is 1. The van der Waals surface area contributed by atoms with Crippen molar-refractivity contribution in [2.45, 2.75) is 20.4 Å². The molecule has 0 aromatic heterocycles. The van der Waals surface area contributed by atoms with Crippen LogP contribution in [0, 0.1) is 24.0 Å². The highest BCUT2D eigenvalue weighted by Crippen LogP contribution is 2.28. The van der Waals surface area contributed by atoms with Crippen molar-refractivity contribution < 1.29 is 4.92 Å². The summed E-state index contributed by atoms with van der Waals surface area (Å²) >= 11 is 9.27. The van der Waals surface area contributed by atoms with Gasteiger partial charge in [-0.2, -0.15) is 0 Å². The van der Waals surface area contributed by atoms with Crippen molar-refractivity contribution in [3.8, 4) is 0 Å². The van der Waals surface area contributed by atoms with Gasteiger partial charge < -0.3 is 5.32 Å². The number of nitro groups is 1. The highest BCUT2D eigenvalue weighted by Gasteiger charge is 2.14. The number of halogens is 2. The Balaban J connectivity index is 2.27. The van der Waals surface area contributed by atoms with Gasteiger partial charge in [-0.15, -0.1) is 0 Å². The zero-order chi connectivity index (χ0) is 15.6. The second kappa shape index (κ2) is 6.45. The minimum atomic E-state index is -0.413. The molecule has 2 aromatic rings. The molecule has 0 bridgehead atoms.